The normalized spacial score (nSPS) is 23.7. The fourth-order valence-corrected chi connectivity index (χ4v) is 14.2. The molecule has 2 unspecified atom stereocenters. The highest BCUT2D eigenvalue weighted by molar-refractivity contribution is 6.32. The number of carbonyl (C=O) groups is 5. The van der Waals surface area contributed by atoms with E-state index in [-0.39, 0.29) is 70.8 Å². The van der Waals surface area contributed by atoms with Crippen LogP contribution in [-0.2, 0) is 31.8 Å². The van der Waals surface area contributed by atoms with E-state index in [0.717, 1.165) is 108 Å². The summed E-state index contributed by atoms with van der Waals surface area (Å²) in [6.07, 6.45) is 3.08. The first-order valence-electron chi connectivity index (χ1n) is 29.4. The number of benzene rings is 2. The zero-order valence-corrected chi connectivity index (χ0v) is 49.1. The molecule has 2 saturated carbocycles. The smallest absolute Gasteiger partial charge is 0.418 e. The van der Waals surface area contributed by atoms with Crippen LogP contribution in [0.5, 0.6) is 6.01 Å². The van der Waals surface area contributed by atoms with Gasteiger partial charge in [0.25, 0.3) is 5.91 Å². The average molecular weight is 1190 g/mol. The summed E-state index contributed by atoms with van der Waals surface area (Å²) in [6.45, 7) is 17.9. The first-order valence-corrected chi connectivity index (χ1v) is 29.7. The molecular formula is C60H72ClF4N11O8. The van der Waals surface area contributed by atoms with Crippen molar-refractivity contribution in [2.75, 3.05) is 80.6 Å². The Balaban J connectivity index is 0.709. The molecule has 24 heteroatoms. The minimum absolute atomic E-state index is 0.137. The lowest BCUT2D eigenvalue weighted by atomic mass is 9.60. The monoisotopic (exact) mass is 1190 g/mol. The molecule has 4 aromatic rings. The van der Waals surface area contributed by atoms with Crippen LogP contribution in [0.4, 0.5) is 44.3 Å². The molecule has 5 amide bonds. The molecule has 0 radical (unpaired) electrons. The molecule has 6 aliphatic heterocycles. The van der Waals surface area contributed by atoms with Crippen LogP contribution < -0.4 is 25.2 Å². The van der Waals surface area contributed by atoms with Crippen molar-refractivity contribution in [3.05, 3.63) is 64.1 Å². The molecule has 2 aliphatic carbocycles. The molecule has 8 heterocycles. The number of piperidine rings is 2. The lowest BCUT2D eigenvalue weighted by Crippen LogP contribution is -2.59. The molecule has 5 saturated heterocycles. The molecule has 450 valence electrons. The number of amides is 5. The summed E-state index contributed by atoms with van der Waals surface area (Å²) in [7, 11) is 0. The van der Waals surface area contributed by atoms with Crippen molar-refractivity contribution < 1.29 is 55.7 Å². The minimum Gasteiger partial charge on any atom is -0.463 e. The highest BCUT2D eigenvalue weighted by atomic mass is 35.5. The second-order valence-corrected chi connectivity index (χ2v) is 27.0. The molecule has 2 aromatic heterocycles. The summed E-state index contributed by atoms with van der Waals surface area (Å²) in [5, 5.41) is 4.13. The number of hydrogen-bond acceptors (Lipinski definition) is 15. The third-order valence-corrected chi connectivity index (χ3v) is 18.6. The van der Waals surface area contributed by atoms with Crippen molar-refractivity contribution in [1.82, 2.24) is 39.9 Å². The predicted molar refractivity (Wildman–Crippen MR) is 304 cm³/mol. The van der Waals surface area contributed by atoms with Crippen molar-refractivity contribution in [3.8, 4) is 17.3 Å². The Morgan fingerprint density at radius 3 is 2.15 bits per heavy atom. The maximum atomic E-state index is 17.5. The fourth-order valence-electron chi connectivity index (χ4n) is 13.9. The molecule has 84 heavy (non-hydrogen) atoms. The van der Waals surface area contributed by atoms with Crippen LogP contribution in [0.15, 0.2) is 36.5 Å². The molecule has 12 rings (SSSR count). The fraction of sp³-hybridized carbons (Fsp3) is 0.600. The van der Waals surface area contributed by atoms with Gasteiger partial charge >= 0.3 is 24.4 Å². The SMILES string of the molecule is CC(C)(C)OC(=O)Nc1cc(Cl)c(C(F)(F)F)c(-c2ncc3c(N4CC5CCC(C4)N5C(=O)OC(C)(C)C)nc(OCC4(CN5CCC6(CC5)CC(N5CCN(c7ccc8c(c7)CN([C@H]7CCC(=O)NC7=O)C8=O)CC5)C6)CC4)nc3c2F)c1. The number of aromatic nitrogens is 3. The highest BCUT2D eigenvalue weighted by Gasteiger charge is 2.52. The van der Waals surface area contributed by atoms with Gasteiger partial charge in [-0.3, -0.25) is 39.8 Å². The van der Waals surface area contributed by atoms with Crippen molar-refractivity contribution in [1.29, 1.82) is 0 Å². The molecular weight excluding hydrogens is 1110 g/mol. The van der Waals surface area contributed by atoms with Crippen LogP contribution >= 0.6 is 11.6 Å². The van der Waals surface area contributed by atoms with Crippen LogP contribution in [0.25, 0.3) is 22.2 Å². The van der Waals surface area contributed by atoms with Gasteiger partial charge in [-0.15, -0.1) is 0 Å². The van der Waals surface area contributed by atoms with Gasteiger partial charge in [-0.25, -0.2) is 14.0 Å². The van der Waals surface area contributed by atoms with E-state index in [1.54, 1.807) is 30.6 Å². The van der Waals surface area contributed by atoms with E-state index in [4.69, 9.17) is 30.8 Å². The Bertz CT molecular complexity index is 3290. The number of rotatable bonds is 11. The van der Waals surface area contributed by atoms with Crippen molar-refractivity contribution in [2.24, 2.45) is 10.8 Å². The zero-order valence-electron chi connectivity index (χ0n) is 48.3. The Morgan fingerprint density at radius 2 is 1.51 bits per heavy atom. The molecule has 19 nitrogen and oxygen atoms in total. The van der Waals surface area contributed by atoms with E-state index < -0.39 is 69.2 Å². The van der Waals surface area contributed by atoms with E-state index in [2.05, 4.69) is 41.4 Å². The lowest BCUT2D eigenvalue weighted by molar-refractivity contribution is -0.138. The predicted octanol–water partition coefficient (Wildman–Crippen LogP) is 9.43. The van der Waals surface area contributed by atoms with Gasteiger partial charge in [-0.1, -0.05) is 11.6 Å². The second kappa shape index (κ2) is 21.4. The molecule has 7 fully saturated rings. The van der Waals surface area contributed by atoms with Gasteiger partial charge < -0.3 is 33.8 Å². The van der Waals surface area contributed by atoms with E-state index >= 15 is 4.39 Å². The Kier molecular flexibility index (Phi) is 14.7. The van der Waals surface area contributed by atoms with E-state index in [1.165, 1.54) is 6.20 Å². The number of nitrogens with one attached hydrogen (secondary N) is 2. The Morgan fingerprint density at radius 1 is 0.821 bits per heavy atom. The van der Waals surface area contributed by atoms with Crippen LogP contribution in [-0.4, -0.2) is 165 Å². The summed E-state index contributed by atoms with van der Waals surface area (Å²) >= 11 is 6.31. The molecule has 3 atom stereocenters. The standard InChI is InChI=1S/C60H72ClF4N11O8/c1-56(2,3)83-54(80)67-35-24-41(46(43(61)25-35)60(63,64)65)48-47(62)49-42(28-66-48)50(74-30-37-7-8-38(31-74)76(37)55(81)84-57(4,5)6)70-53(69-49)82-33-59(13-14-59)32-71-17-15-58(16-18-71)26-39(27-58)73-21-19-72(20-22-73)36-9-10-40-34(23-36)29-75(52(40)79)44-11-12-45(77)68-51(44)78/h9-10,23-25,28,37-39,44H,7-8,11-22,26-27,29-33H2,1-6H3,(H,67,80)(H,68,77,78)/t37?,38?,44-/m0/s1. The van der Waals surface area contributed by atoms with E-state index in [1.807, 2.05) is 37.8 Å². The first-order chi connectivity index (χ1) is 39.7. The summed E-state index contributed by atoms with van der Waals surface area (Å²) in [5.74, 6) is -1.79. The second-order valence-electron chi connectivity index (χ2n) is 26.6. The Hall–Kier alpha value is -6.59. The van der Waals surface area contributed by atoms with Gasteiger partial charge in [-0.2, -0.15) is 23.1 Å². The quantitative estimate of drug-likeness (QED) is 0.106. The number of hydrogen-bond donors (Lipinski definition) is 2. The number of carbonyl (C=O) groups excluding carboxylic acids is 5. The Labute approximate surface area is 490 Å². The first kappa shape index (κ1) is 57.8. The maximum absolute atomic E-state index is 17.5. The topological polar surface area (TPSA) is 195 Å². The number of piperazine rings is 2. The van der Waals surface area contributed by atoms with E-state index in [0.29, 0.717) is 55.9 Å². The number of anilines is 3. The third kappa shape index (κ3) is 11.6. The van der Waals surface area contributed by atoms with Crippen molar-refractivity contribution >= 4 is 69.6 Å². The minimum atomic E-state index is -5.06. The zero-order chi connectivity index (χ0) is 59.4. The summed E-state index contributed by atoms with van der Waals surface area (Å²) < 4.78 is 79.8. The van der Waals surface area contributed by atoms with E-state index in [9.17, 15) is 37.1 Å². The van der Waals surface area contributed by atoms with Crippen LogP contribution in [0, 0.1) is 16.6 Å². The number of imide groups is 1. The highest BCUT2D eigenvalue weighted by Crippen LogP contribution is 2.53. The number of pyridine rings is 1. The summed E-state index contributed by atoms with van der Waals surface area (Å²) in [5.41, 5.74) is -2.22. The van der Waals surface area contributed by atoms with Gasteiger partial charge in [-0.05, 0) is 154 Å². The lowest BCUT2D eigenvalue weighted by Gasteiger charge is -2.56. The van der Waals surface area contributed by atoms with Gasteiger partial charge in [0.15, 0.2) is 5.82 Å². The third-order valence-electron chi connectivity index (χ3n) is 18.3. The molecule has 1 spiro atoms. The average Bonchev–Trinajstić information content (AvgIpc) is 1.84. The molecule has 2 aromatic carbocycles. The van der Waals surface area contributed by atoms with Crippen molar-refractivity contribution in [2.45, 2.75) is 154 Å². The molecule has 2 N–H and O–H groups in total. The van der Waals surface area contributed by atoms with Gasteiger partial charge in [0.05, 0.1) is 34.7 Å². The maximum Gasteiger partial charge on any atom is 0.418 e. The number of alkyl halides is 3. The largest absolute Gasteiger partial charge is 0.463 e. The number of likely N-dealkylation sites (tertiary alicyclic amines) is 1. The van der Waals surface area contributed by atoms with Gasteiger partial charge in [0, 0.05) is 98.9 Å². The van der Waals surface area contributed by atoms with Gasteiger partial charge in [0.1, 0.15) is 34.3 Å². The number of nitrogens with zero attached hydrogens (tertiary/aromatic N) is 9. The van der Waals surface area contributed by atoms with Crippen molar-refractivity contribution in [3.63, 3.8) is 0 Å². The number of ether oxygens (including phenoxy) is 3. The number of fused-ring (bicyclic) bond motifs is 4. The molecule has 2 bridgehead atoms. The van der Waals surface area contributed by atoms with Crippen LogP contribution in [0.1, 0.15) is 127 Å². The van der Waals surface area contributed by atoms with Gasteiger partial charge in [0.2, 0.25) is 11.8 Å². The molecule has 8 aliphatic rings. The van der Waals surface area contributed by atoms with Crippen LogP contribution in [0.2, 0.25) is 5.02 Å². The summed E-state index contributed by atoms with van der Waals surface area (Å²) in [4.78, 5) is 90.5. The summed E-state index contributed by atoms with van der Waals surface area (Å²) in [6, 6.07) is 7.07. The number of halogens is 5. The van der Waals surface area contributed by atoms with Crippen LogP contribution in [0.3, 0.4) is 0 Å².